The molecule has 0 aliphatic rings. The maximum atomic E-state index is 13.1. The molecule has 102 valence electrons. The summed E-state index contributed by atoms with van der Waals surface area (Å²) in [5.41, 5.74) is 0.905. The van der Waals surface area contributed by atoms with Gasteiger partial charge in [0.25, 0.3) is 0 Å². The van der Waals surface area contributed by atoms with Gasteiger partial charge < -0.3 is 4.52 Å². The van der Waals surface area contributed by atoms with E-state index >= 15 is 0 Å². The van der Waals surface area contributed by atoms with Crippen molar-refractivity contribution in [1.82, 2.24) is 10.1 Å². The van der Waals surface area contributed by atoms with Crippen molar-refractivity contribution in [2.45, 2.75) is 10.6 Å². The largest absolute Gasteiger partial charge is 0.338 e. The molecule has 3 nitrogen and oxygen atoms in total. The Hall–Kier alpha value is -1.73. The third-order valence-corrected chi connectivity index (χ3v) is 4.16. The van der Waals surface area contributed by atoms with E-state index in [-0.39, 0.29) is 0 Å². The van der Waals surface area contributed by atoms with Crippen LogP contribution in [-0.4, -0.2) is 10.1 Å². The topological polar surface area (TPSA) is 38.9 Å². The predicted octanol–water partition coefficient (Wildman–Crippen LogP) is 4.37. The molecule has 2 heterocycles. The number of benzene rings is 1. The minimum Gasteiger partial charge on any atom is -0.338 e. The fourth-order valence-corrected chi connectivity index (χ4v) is 2.93. The van der Waals surface area contributed by atoms with Crippen LogP contribution in [0.3, 0.4) is 0 Å². The minimum absolute atomic E-state index is 0.405. The molecule has 0 radical (unpaired) electrons. The third-order valence-electron chi connectivity index (χ3n) is 2.50. The van der Waals surface area contributed by atoms with Crippen LogP contribution in [0.1, 0.15) is 5.89 Å². The van der Waals surface area contributed by atoms with Crippen molar-refractivity contribution in [3.8, 4) is 11.4 Å². The first-order valence-electron chi connectivity index (χ1n) is 5.65. The van der Waals surface area contributed by atoms with Gasteiger partial charge in [-0.15, -0.1) is 11.8 Å². The number of thioether (sulfide) groups is 1. The second-order valence-electron chi connectivity index (χ2n) is 3.89. The van der Waals surface area contributed by atoms with Crippen molar-refractivity contribution in [3.63, 3.8) is 0 Å². The molecule has 3 aromatic rings. The van der Waals surface area contributed by atoms with Crippen molar-refractivity contribution in [3.05, 3.63) is 52.6 Å². The Kier molecular flexibility index (Phi) is 3.79. The van der Waals surface area contributed by atoms with Gasteiger partial charge in [0.2, 0.25) is 11.7 Å². The molecule has 0 unspecified atom stereocenters. The summed E-state index contributed by atoms with van der Waals surface area (Å²) in [6.07, 6.45) is 0. The zero-order valence-electron chi connectivity index (χ0n) is 10.0. The van der Waals surface area contributed by atoms with Crippen LogP contribution in [0.4, 0.5) is 8.78 Å². The molecule has 0 aliphatic carbocycles. The van der Waals surface area contributed by atoms with Crippen LogP contribution >= 0.6 is 23.1 Å². The third kappa shape index (κ3) is 2.88. The van der Waals surface area contributed by atoms with Crippen LogP contribution in [0.5, 0.6) is 0 Å². The summed E-state index contributed by atoms with van der Waals surface area (Å²) in [6, 6.07) is 5.67. The molecule has 0 spiro atoms. The molecule has 0 fully saturated rings. The van der Waals surface area contributed by atoms with Gasteiger partial charge in [-0.2, -0.15) is 16.3 Å². The molecule has 2 aromatic heterocycles. The standard InChI is InChI=1S/C13H8F2N2OS2/c14-10-2-1-9(5-11(10)15)20-7-12-16-13(17-18-12)8-3-4-19-6-8/h1-6H,7H2. The smallest absolute Gasteiger partial charge is 0.237 e. The maximum absolute atomic E-state index is 13.1. The Morgan fingerprint density at radius 2 is 2.10 bits per heavy atom. The summed E-state index contributed by atoms with van der Waals surface area (Å²) in [7, 11) is 0. The average Bonchev–Trinajstić information content (AvgIpc) is 3.09. The molecular weight excluding hydrogens is 302 g/mol. The van der Waals surface area contributed by atoms with Crippen molar-refractivity contribution >= 4 is 23.1 Å². The average molecular weight is 310 g/mol. The first-order chi connectivity index (χ1) is 9.72. The fraction of sp³-hybridized carbons (Fsp3) is 0.0769. The molecule has 0 saturated heterocycles. The van der Waals surface area contributed by atoms with Crippen molar-refractivity contribution in [2.24, 2.45) is 0 Å². The highest BCUT2D eigenvalue weighted by molar-refractivity contribution is 7.98. The lowest BCUT2D eigenvalue weighted by Crippen LogP contribution is -1.85. The van der Waals surface area contributed by atoms with E-state index in [9.17, 15) is 8.78 Å². The summed E-state index contributed by atoms with van der Waals surface area (Å²) in [5, 5.41) is 7.74. The molecule has 7 heteroatoms. The molecule has 0 bridgehead atoms. The van der Waals surface area contributed by atoms with Crippen molar-refractivity contribution < 1.29 is 13.3 Å². The maximum Gasteiger partial charge on any atom is 0.237 e. The van der Waals surface area contributed by atoms with Crippen LogP contribution < -0.4 is 0 Å². The molecule has 20 heavy (non-hydrogen) atoms. The second kappa shape index (κ2) is 5.72. The van der Waals surface area contributed by atoms with Crippen LogP contribution in [-0.2, 0) is 5.75 Å². The minimum atomic E-state index is -0.862. The van der Waals surface area contributed by atoms with Crippen molar-refractivity contribution in [2.75, 3.05) is 0 Å². The first kappa shape index (κ1) is 13.3. The molecule has 0 saturated carbocycles. The summed E-state index contributed by atoms with van der Waals surface area (Å²) < 4.78 is 31.0. The number of nitrogens with zero attached hydrogens (tertiary/aromatic N) is 2. The van der Waals surface area contributed by atoms with Gasteiger partial charge >= 0.3 is 0 Å². The Morgan fingerprint density at radius 3 is 2.85 bits per heavy atom. The number of thiophene rings is 1. The van der Waals surface area contributed by atoms with Crippen LogP contribution in [0.2, 0.25) is 0 Å². The zero-order chi connectivity index (χ0) is 13.9. The number of hydrogen-bond acceptors (Lipinski definition) is 5. The number of halogens is 2. The van der Waals surface area contributed by atoms with Gasteiger partial charge in [0.05, 0.1) is 5.75 Å². The van der Waals surface area contributed by atoms with Gasteiger partial charge in [0.1, 0.15) is 0 Å². The molecule has 1 aromatic carbocycles. The van der Waals surface area contributed by atoms with Crippen molar-refractivity contribution in [1.29, 1.82) is 0 Å². The lowest BCUT2D eigenvalue weighted by molar-refractivity contribution is 0.391. The Labute approximate surface area is 121 Å². The van der Waals surface area contributed by atoms with E-state index in [0.29, 0.717) is 22.4 Å². The van der Waals surface area contributed by atoms with E-state index in [1.54, 1.807) is 11.3 Å². The quantitative estimate of drug-likeness (QED) is 0.671. The van der Waals surface area contributed by atoms with E-state index < -0.39 is 11.6 Å². The van der Waals surface area contributed by atoms with E-state index in [0.717, 1.165) is 17.7 Å². The van der Waals surface area contributed by atoms with Gasteiger partial charge in [0.15, 0.2) is 11.6 Å². The van der Waals surface area contributed by atoms with E-state index in [4.69, 9.17) is 4.52 Å². The summed E-state index contributed by atoms with van der Waals surface area (Å²) in [6.45, 7) is 0. The molecular formula is C13H8F2N2OS2. The van der Waals surface area contributed by atoms with E-state index in [1.165, 1.54) is 17.8 Å². The first-order valence-corrected chi connectivity index (χ1v) is 7.58. The number of aromatic nitrogens is 2. The predicted molar refractivity (Wildman–Crippen MR) is 73.5 cm³/mol. The highest BCUT2D eigenvalue weighted by Gasteiger charge is 2.10. The summed E-state index contributed by atoms with van der Waals surface area (Å²) in [4.78, 5) is 4.86. The zero-order valence-corrected chi connectivity index (χ0v) is 11.7. The summed E-state index contributed by atoms with van der Waals surface area (Å²) in [5.74, 6) is -0.332. The SMILES string of the molecule is Fc1ccc(SCc2nc(-c3ccsc3)no2)cc1F. The van der Waals surface area contributed by atoms with E-state index in [2.05, 4.69) is 10.1 Å². The van der Waals surface area contributed by atoms with Gasteiger partial charge in [-0.3, -0.25) is 0 Å². The number of hydrogen-bond donors (Lipinski definition) is 0. The van der Waals surface area contributed by atoms with Gasteiger partial charge in [-0.05, 0) is 29.6 Å². The van der Waals surface area contributed by atoms with Gasteiger partial charge in [-0.1, -0.05) is 5.16 Å². The Morgan fingerprint density at radius 1 is 1.20 bits per heavy atom. The molecule has 0 aliphatic heterocycles. The highest BCUT2D eigenvalue weighted by atomic mass is 32.2. The van der Waals surface area contributed by atoms with Crippen LogP contribution in [0, 0.1) is 11.6 Å². The normalized spacial score (nSPS) is 10.9. The van der Waals surface area contributed by atoms with E-state index in [1.807, 2.05) is 16.8 Å². The Bertz CT molecular complexity index is 713. The second-order valence-corrected chi connectivity index (χ2v) is 5.72. The molecule has 0 atom stereocenters. The molecule has 0 N–H and O–H groups in total. The van der Waals surface area contributed by atoms with Gasteiger partial charge in [0, 0.05) is 15.8 Å². The molecule has 3 rings (SSSR count). The number of rotatable bonds is 4. The van der Waals surface area contributed by atoms with Crippen LogP contribution in [0.25, 0.3) is 11.4 Å². The lowest BCUT2D eigenvalue weighted by Gasteiger charge is -1.99. The Balaban J connectivity index is 1.68. The monoisotopic (exact) mass is 310 g/mol. The fourth-order valence-electron chi connectivity index (χ4n) is 1.53. The molecule has 0 amide bonds. The highest BCUT2D eigenvalue weighted by Crippen LogP contribution is 2.25. The summed E-state index contributed by atoms with van der Waals surface area (Å²) >= 11 is 2.86. The lowest BCUT2D eigenvalue weighted by atomic mass is 10.3. The van der Waals surface area contributed by atoms with Gasteiger partial charge in [-0.25, -0.2) is 8.78 Å². The van der Waals surface area contributed by atoms with Crippen LogP contribution in [0.15, 0.2) is 44.4 Å².